The molecule has 0 saturated heterocycles. The summed E-state index contributed by atoms with van der Waals surface area (Å²) in [6, 6.07) is 17.7. The fourth-order valence-corrected chi connectivity index (χ4v) is 10.6. The van der Waals surface area contributed by atoms with Crippen LogP contribution in [0.3, 0.4) is 0 Å². The van der Waals surface area contributed by atoms with Crippen molar-refractivity contribution in [2.45, 2.75) is 163 Å². The summed E-state index contributed by atoms with van der Waals surface area (Å²) in [7, 11) is 0. The molecule has 0 aromatic heterocycles. The first-order valence-corrected chi connectivity index (χ1v) is 27.9. The molecule has 1 aliphatic heterocycles. The van der Waals surface area contributed by atoms with E-state index in [9.17, 15) is 4.79 Å². The number of allylic oxidation sites excluding steroid dienone is 4. The van der Waals surface area contributed by atoms with Crippen molar-refractivity contribution in [3.8, 4) is 0 Å². The lowest BCUT2D eigenvalue weighted by Gasteiger charge is -2.35. The molecule has 69 heavy (non-hydrogen) atoms. The van der Waals surface area contributed by atoms with Crippen LogP contribution in [0.1, 0.15) is 161 Å². The van der Waals surface area contributed by atoms with E-state index in [1.807, 2.05) is 0 Å². The zero-order valence-corrected chi connectivity index (χ0v) is 45.6. The topological polar surface area (TPSA) is 129 Å². The maximum atomic E-state index is 13.0. The molecular formula is C59H104N9O+. The van der Waals surface area contributed by atoms with E-state index in [-0.39, 0.29) is 16.7 Å². The first kappa shape index (κ1) is 59.9. The number of nitrogens with zero attached hydrogens (tertiary/aromatic N) is 5. The van der Waals surface area contributed by atoms with Gasteiger partial charge in [0.05, 0.1) is 26.2 Å². The molecule has 0 bridgehead atoms. The van der Waals surface area contributed by atoms with Crippen LogP contribution in [-0.4, -0.2) is 131 Å². The summed E-state index contributed by atoms with van der Waals surface area (Å²) in [5, 5.41) is 3.23. The summed E-state index contributed by atoms with van der Waals surface area (Å²) in [4.78, 5) is 26.0. The van der Waals surface area contributed by atoms with Crippen LogP contribution in [0.5, 0.6) is 0 Å². The van der Waals surface area contributed by atoms with E-state index in [0.717, 1.165) is 140 Å². The Morgan fingerprint density at radius 1 is 0.710 bits per heavy atom. The van der Waals surface area contributed by atoms with Crippen molar-refractivity contribution in [3.63, 3.8) is 0 Å². The largest absolute Gasteiger partial charge is 0.356 e. The molecule has 1 amide bonds. The number of aliphatic imine (C=N–C) groups is 1. The van der Waals surface area contributed by atoms with Crippen LogP contribution in [-0.2, 0) is 15.6 Å². The van der Waals surface area contributed by atoms with Gasteiger partial charge in [0.2, 0.25) is 5.91 Å². The first-order valence-electron chi connectivity index (χ1n) is 27.9. The van der Waals surface area contributed by atoms with Crippen molar-refractivity contribution < 1.29 is 9.28 Å². The highest BCUT2D eigenvalue weighted by atomic mass is 16.1. The van der Waals surface area contributed by atoms with Gasteiger partial charge in [-0.25, -0.2) is 0 Å². The number of hydrogen-bond acceptors (Lipinski definition) is 8. The highest BCUT2D eigenvalue weighted by Gasteiger charge is 2.39. The third-order valence-electron chi connectivity index (χ3n) is 15.3. The standard InChI is InChI=1S/C59H103N9O/c1-9-68(10-2,11-3)50-30-42-63-55(58(5,6)52-32-19-18-31-51(52)4)35-25-36-56-59(7,8)53-33-20-21-34-54(53)67(56)49-24-16-17-37-57(69)64-41-29-48-66(47-28-40-62)44-23-15-13-12-14-22-43-65(45-26-38-60)46-27-39-61/h18-21,25,31-36H,9-17,22-24,26-30,37-50,60-62H2,1-8H3/p+1/b35-25+,56-36+,63-55?. The molecule has 2 aromatic rings. The number of fused-ring (bicyclic) bond motifs is 1. The second-order valence-corrected chi connectivity index (χ2v) is 21.0. The number of quaternary nitrogens is 1. The number of rotatable bonds is 39. The number of para-hydroxylation sites is 1. The lowest BCUT2D eigenvalue weighted by molar-refractivity contribution is -0.923. The van der Waals surface area contributed by atoms with Crippen LogP contribution in [0.15, 0.2) is 77.4 Å². The average Bonchev–Trinajstić information content (AvgIpc) is 3.56. The summed E-state index contributed by atoms with van der Waals surface area (Å²) in [5.74, 6) is 0.175. The Morgan fingerprint density at radius 2 is 1.25 bits per heavy atom. The molecule has 0 spiro atoms. The van der Waals surface area contributed by atoms with Crippen LogP contribution in [0.2, 0.25) is 0 Å². The summed E-state index contributed by atoms with van der Waals surface area (Å²) < 4.78 is 1.15. The van der Waals surface area contributed by atoms with Crippen molar-refractivity contribution in [1.82, 2.24) is 15.1 Å². The fourth-order valence-electron chi connectivity index (χ4n) is 10.6. The van der Waals surface area contributed by atoms with Gasteiger partial charge in [-0.3, -0.25) is 9.79 Å². The van der Waals surface area contributed by atoms with E-state index in [1.54, 1.807) is 0 Å². The number of unbranched alkanes of at least 4 members (excludes halogenated alkanes) is 7. The molecule has 3 rings (SSSR count). The maximum Gasteiger partial charge on any atom is 0.219 e. The average molecular weight is 956 g/mol. The van der Waals surface area contributed by atoms with E-state index in [0.29, 0.717) is 6.42 Å². The minimum atomic E-state index is -0.239. The monoisotopic (exact) mass is 955 g/mol. The van der Waals surface area contributed by atoms with E-state index in [1.165, 1.54) is 92.8 Å². The molecule has 0 radical (unpaired) electrons. The number of aryl methyl sites for hydroxylation is 1. The van der Waals surface area contributed by atoms with Crippen LogP contribution in [0, 0.1) is 6.92 Å². The lowest BCUT2D eigenvalue weighted by atomic mass is 9.77. The molecular weight excluding hydrogens is 851 g/mol. The van der Waals surface area contributed by atoms with Gasteiger partial charge in [-0.2, -0.15) is 0 Å². The Hall–Kier alpha value is -3.38. The molecule has 10 heteroatoms. The zero-order valence-electron chi connectivity index (χ0n) is 45.6. The number of benzene rings is 2. The van der Waals surface area contributed by atoms with Gasteiger partial charge in [-0.05, 0) is 173 Å². The summed E-state index contributed by atoms with van der Waals surface area (Å²) in [6.45, 7) is 34.5. The molecule has 390 valence electrons. The summed E-state index contributed by atoms with van der Waals surface area (Å²) in [5.41, 5.74) is 24.7. The van der Waals surface area contributed by atoms with Gasteiger partial charge in [0.15, 0.2) is 0 Å². The van der Waals surface area contributed by atoms with Crippen molar-refractivity contribution >= 4 is 17.3 Å². The van der Waals surface area contributed by atoms with E-state index < -0.39 is 0 Å². The van der Waals surface area contributed by atoms with Gasteiger partial charge in [0.25, 0.3) is 0 Å². The van der Waals surface area contributed by atoms with Crippen LogP contribution < -0.4 is 27.4 Å². The molecule has 1 heterocycles. The normalized spacial score (nSPS) is 14.8. The van der Waals surface area contributed by atoms with Crippen LogP contribution in [0.25, 0.3) is 0 Å². The number of nitrogens with one attached hydrogen (secondary N) is 1. The molecule has 0 saturated carbocycles. The highest BCUT2D eigenvalue weighted by molar-refractivity contribution is 6.03. The molecule has 2 aromatic carbocycles. The van der Waals surface area contributed by atoms with Gasteiger partial charge in [0, 0.05) is 60.4 Å². The molecule has 1 aliphatic rings. The number of anilines is 1. The van der Waals surface area contributed by atoms with E-state index in [2.05, 4.69) is 142 Å². The number of carbonyl (C=O) groups excluding carboxylic acids is 1. The van der Waals surface area contributed by atoms with E-state index >= 15 is 0 Å². The SMILES string of the molecule is CC[N+](CC)(CC)CCCN=C(/C=C/C=C1/N(CCCCCC(=O)NCCCN(CCCN)CCCCCCCCN(CCCN)CCCN)c2ccccc2C1(C)C)C(C)(C)c1ccccc1C. The van der Waals surface area contributed by atoms with Crippen LogP contribution >= 0.6 is 0 Å². The Bertz CT molecular complexity index is 1780. The quantitative estimate of drug-likeness (QED) is 0.0298. The van der Waals surface area contributed by atoms with Gasteiger partial charge >= 0.3 is 0 Å². The summed E-state index contributed by atoms with van der Waals surface area (Å²) in [6.07, 6.45) is 23.3. The Kier molecular flexibility index (Phi) is 28.9. The predicted molar refractivity (Wildman–Crippen MR) is 300 cm³/mol. The Labute approximate surface area is 423 Å². The fraction of sp³-hybridized carbons (Fsp3) is 0.695. The highest BCUT2D eigenvalue weighted by Crippen LogP contribution is 2.47. The first-order chi connectivity index (χ1) is 33.3. The van der Waals surface area contributed by atoms with Gasteiger partial charge < -0.3 is 41.7 Å². The van der Waals surface area contributed by atoms with Crippen molar-refractivity contribution in [2.24, 2.45) is 22.2 Å². The van der Waals surface area contributed by atoms with Crippen molar-refractivity contribution in [3.05, 3.63) is 89.1 Å². The Morgan fingerprint density at radius 3 is 1.84 bits per heavy atom. The minimum Gasteiger partial charge on any atom is -0.356 e. The van der Waals surface area contributed by atoms with Gasteiger partial charge in [-0.1, -0.05) is 108 Å². The molecule has 0 fully saturated rings. The molecule has 0 unspecified atom stereocenters. The predicted octanol–water partition coefficient (Wildman–Crippen LogP) is 10.3. The Balaban J connectivity index is 1.51. The molecule has 0 atom stereocenters. The second kappa shape index (κ2) is 33.3. The number of carbonyl (C=O) groups is 1. The van der Waals surface area contributed by atoms with Crippen molar-refractivity contribution in [1.29, 1.82) is 0 Å². The third kappa shape index (κ3) is 20.3. The molecule has 0 aliphatic carbocycles. The number of amides is 1. The van der Waals surface area contributed by atoms with Crippen LogP contribution in [0.4, 0.5) is 5.69 Å². The minimum absolute atomic E-state index is 0.135. The number of hydrogen-bond donors (Lipinski definition) is 4. The van der Waals surface area contributed by atoms with E-state index in [4.69, 9.17) is 22.2 Å². The zero-order chi connectivity index (χ0) is 50.4. The van der Waals surface area contributed by atoms with Gasteiger partial charge in [-0.15, -0.1) is 0 Å². The maximum absolute atomic E-state index is 13.0. The molecule has 10 nitrogen and oxygen atoms in total. The lowest BCUT2D eigenvalue weighted by Crippen LogP contribution is -2.48. The third-order valence-corrected chi connectivity index (χ3v) is 15.3. The van der Waals surface area contributed by atoms with Crippen molar-refractivity contribution in [2.75, 3.05) is 110 Å². The van der Waals surface area contributed by atoms with Gasteiger partial charge in [0.1, 0.15) is 0 Å². The summed E-state index contributed by atoms with van der Waals surface area (Å²) >= 11 is 0. The number of nitrogens with two attached hydrogens (primary N) is 3. The smallest absolute Gasteiger partial charge is 0.219 e. The second-order valence-electron chi connectivity index (χ2n) is 21.0. The molecule has 7 N–H and O–H groups in total.